The van der Waals surface area contributed by atoms with Crippen LogP contribution in [0.25, 0.3) is 0 Å². The fourth-order valence-corrected chi connectivity index (χ4v) is 3.73. The van der Waals surface area contributed by atoms with E-state index in [4.69, 9.17) is 0 Å². The van der Waals surface area contributed by atoms with Crippen molar-refractivity contribution in [1.29, 1.82) is 0 Å². The largest absolute Gasteiger partial charge is 0.481 e. The third kappa shape index (κ3) is 2.06. The summed E-state index contributed by atoms with van der Waals surface area (Å²) in [5.41, 5.74) is 0. The molecule has 0 aromatic heterocycles. The Labute approximate surface area is 112 Å². The average molecular weight is 264 g/mol. The lowest BCUT2D eigenvalue weighted by Crippen LogP contribution is -2.51. The molecule has 0 aromatic carbocycles. The van der Waals surface area contributed by atoms with Crippen molar-refractivity contribution >= 4 is 11.9 Å². The van der Waals surface area contributed by atoms with E-state index in [0.717, 1.165) is 32.6 Å². The van der Waals surface area contributed by atoms with Crippen LogP contribution in [0.1, 0.15) is 6.42 Å². The summed E-state index contributed by atoms with van der Waals surface area (Å²) in [7, 11) is 2.04. The van der Waals surface area contributed by atoms with E-state index < -0.39 is 11.9 Å². The topological polar surface area (TPSA) is 60.9 Å². The minimum atomic E-state index is -0.815. The molecule has 1 heterocycles. The number of carboxylic acid groups (broad SMARTS) is 1. The van der Waals surface area contributed by atoms with Crippen molar-refractivity contribution in [3.05, 3.63) is 12.2 Å². The van der Waals surface area contributed by atoms with Gasteiger partial charge in [0.15, 0.2) is 0 Å². The molecule has 5 nitrogen and oxygen atoms in total. The summed E-state index contributed by atoms with van der Waals surface area (Å²) in [6.07, 6.45) is 4.86. The van der Waals surface area contributed by atoms with E-state index in [0.29, 0.717) is 0 Å². The second kappa shape index (κ2) is 4.63. The number of amides is 1. The second-order valence-corrected chi connectivity index (χ2v) is 5.97. The Bertz CT molecular complexity index is 426. The van der Waals surface area contributed by atoms with Crippen LogP contribution in [0.5, 0.6) is 0 Å². The molecule has 0 spiro atoms. The van der Waals surface area contributed by atoms with Crippen LogP contribution in [0.2, 0.25) is 0 Å². The van der Waals surface area contributed by atoms with Crippen LogP contribution in [0, 0.1) is 23.7 Å². The van der Waals surface area contributed by atoms with E-state index >= 15 is 0 Å². The number of piperazine rings is 1. The van der Waals surface area contributed by atoms with Gasteiger partial charge in [0, 0.05) is 26.2 Å². The van der Waals surface area contributed by atoms with E-state index in [2.05, 4.69) is 4.90 Å². The number of aliphatic carboxylic acids is 1. The molecule has 2 bridgehead atoms. The third-order valence-electron chi connectivity index (χ3n) is 4.84. The van der Waals surface area contributed by atoms with Crippen LogP contribution < -0.4 is 0 Å². The molecule has 4 atom stereocenters. The molecular weight excluding hydrogens is 244 g/mol. The Hall–Kier alpha value is -1.36. The van der Waals surface area contributed by atoms with Crippen LogP contribution in [0.3, 0.4) is 0 Å². The van der Waals surface area contributed by atoms with Gasteiger partial charge in [-0.15, -0.1) is 0 Å². The Balaban J connectivity index is 1.75. The van der Waals surface area contributed by atoms with Crippen molar-refractivity contribution in [3.63, 3.8) is 0 Å². The van der Waals surface area contributed by atoms with Gasteiger partial charge in [-0.1, -0.05) is 12.2 Å². The molecule has 5 heteroatoms. The summed E-state index contributed by atoms with van der Waals surface area (Å²) in [6, 6.07) is 0. The molecule has 2 aliphatic carbocycles. The van der Waals surface area contributed by atoms with Crippen LogP contribution >= 0.6 is 0 Å². The summed E-state index contributed by atoms with van der Waals surface area (Å²) in [6.45, 7) is 3.19. The molecule has 1 aliphatic heterocycles. The highest BCUT2D eigenvalue weighted by molar-refractivity contribution is 5.87. The quantitative estimate of drug-likeness (QED) is 0.728. The number of rotatable bonds is 2. The third-order valence-corrected chi connectivity index (χ3v) is 4.84. The van der Waals surface area contributed by atoms with Crippen LogP contribution in [-0.4, -0.2) is 60.0 Å². The molecule has 104 valence electrons. The summed E-state index contributed by atoms with van der Waals surface area (Å²) >= 11 is 0. The number of fused-ring (bicyclic) bond motifs is 2. The van der Waals surface area contributed by atoms with Crippen molar-refractivity contribution in [2.24, 2.45) is 23.7 Å². The lowest BCUT2D eigenvalue weighted by molar-refractivity contribution is -0.151. The van der Waals surface area contributed by atoms with Crippen LogP contribution in [0.4, 0.5) is 0 Å². The number of hydrogen-bond donors (Lipinski definition) is 1. The van der Waals surface area contributed by atoms with E-state index in [-0.39, 0.29) is 23.7 Å². The highest BCUT2D eigenvalue weighted by Gasteiger charge is 2.52. The molecule has 0 radical (unpaired) electrons. The number of carboxylic acids is 1. The first-order valence-corrected chi connectivity index (χ1v) is 6.96. The first kappa shape index (κ1) is 12.7. The Morgan fingerprint density at radius 2 is 1.63 bits per heavy atom. The number of carbonyl (C=O) groups excluding carboxylic acids is 1. The Morgan fingerprint density at radius 1 is 1.05 bits per heavy atom. The lowest BCUT2D eigenvalue weighted by Gasteiger charge is -2.36. The van der Waals surface area contributed by atoms with Gasteiger partial charge in [0.25, 0.3) is 0 Å². The Morgan fingerprint density at radius 3 is 2.21 bits per heavy atom. The van der Waals surface area contributed by atoms with Gasteiger partial charge in [0.1, 0.15) is 0 Å². The normalized spacial score (nSPS) is 37.8. The van der Waals surface area contributed by atoms with Crippen molar-refractivity contribution in [2.75, 3.05) is 33.2 Å². The van der Waals surface area contributed by atoms with Crippen LogP contribution in [0.15, 0.2) is 12.2 Å². The maximum Gasteiger partial charge on any atom is 0.307 e. The number of carbonyl (C=O) groups is 2. The van der Waals surface area contributed by atoms with Gasteiger partial charge >= 0.3 is 5.97 Å². The summed E-state index contributed by atoms with van der Waals surface area (Å²) in [5.74, 6) is -1.41. The van der Waals surface area contributed by atoms with Crippen LogP contribution in [-0.2, 0) is 9.59 Å². The van der Waals surface area contributed by atoms with Crippen molar-refractivity contribution in [1.82, 2.24) is 9.80 Å². The summed E-state index contributed by atoms with van der Waals surface area (Å²) in [5, 5.41) is 9.38. The summed E-state index contributed by atoms with van der Waals surface area (Å²) in [4.78, 5) is 28.1. The maximum atomic E-state index is 12.6. The monoisotopic (exact) mass is 264 g/mol. The van der Waals surface area contributed by atoms with E-state index in [9.17, 15) is 14.7 Å². The van der Waals surface area contributed by atoms with Gasteiger partial charge in [-0.2, -0.15) is 0 Å². The van der Waals surface area contributed by atoms with E-state index in [1.54, 1.807) is 0 Å². The van der Waals surface area contributed by atoms with E-state index in [1.807, 2.05) is 24.1 Å². The first-order valence-electron chi connectivity index (χ1n) is 6.96. The SMILES string of the molecule is CN1CCN(C(=O)[C@@H]2[C@H](C(=O)O)[C@@H]3C=C[C@H]2C3)CC1. The minimum Gasteiger partial charge on any atom is -0.481 e. The highest BCUT2D eigenvalue weighted by atomic mass is 16.4. The Kier molecular flexibility index (Phi) is 3.09. The maximum absolute atomic E-state index is 12.6. The lowest BCUT2D eigenvalue weighted by atomic mass is 9.82. The number of allylic oxidation sites excluding steroid dienone is 2. The molecule has 1 saturated carbocycles. The van der Waals surface area contributed by atoms with Gasteiger partial charge in [0.05, 0.1) is 11.8 Å². The van der Waals surface area contributed by atoms with Gasteiger partial charge < -0.3 is 14.9 Å². The molecule has 19 heavy (non-hydrogen) atoms. The highest BCUT2D eigenvalue weighted by Crippen LogP contribution is 2.48. The molecular formula is C14H20N2O3. The zero-order valence-corrected chi connectivity index (χ0v) is 11.2. The van der Waals surface area contributed by atoms with Crippen molar-refractivity contribution in [3.8, 4) is 0 Å². The predicted molar refractivity (Wildman–Crippen MR) is 69.4 cm³/mol. The molecule has 2 fully saturated rings. The zero-order valence-electron chi connectivity index (χ0n) is 11.2. The first-order chi connectivity index (χ1) is 9.08. The predicted octanol–water partition coefficient (Wildman–Crippen LogP) is 0.283. The van der Waals surface area contributed by atoms with Gasteiger partial charge in [0.2, 0.25) is 5.91 Å². The molecule has 0 unspecified atom stereocenters. The zero-order chi connectivity index (χ0) is 13.6. The average Bonchev–Trinajstić information content (AvgIpc) is 2.98. The standard InChI is InChI=1S/C14H20N2O3/c1-15-4-6-16(7-5-15)13(17)11-9-2-3-10(8-9)12(11)14(18)19/h2-3,9-12H,4-8H2,1H3,(H,18,19)/t9-,10+,11-,12+/m0/s1. The molecule has 1 saturated heterocycles. The molecule has 0 aromatic rings. The fraction of sp³-hybridized carbons (Fsp3) is 0.714. The number of nitrogens with zero attached hydrogens (tertiary/aromatic N) is 2. The molecule has 3 rings (SSSR count). The smallest absolute Gasteiger partial charge is 0.307 e. The van der Waals surface area contributed by atoms with Gasteiger partial charge in [-0.05, 0) is 25.3 Å². The number of likely N-dealkylation sites (N-methyl/N-ethyl adjacent to an activating group) is 1. The van der Waals surface area contributed by atoms with Gasteiger partial charge in [-0.3, -0.25) is 9.59 Å². The molecule has 3 aliphatic rings. The van der Waals surface area contributed by atoms with Crippen molar-refractivity contribution in [2.45, 2.75) is 6.42 Å². The van der Waals surface area contributed by atoms with E-state index in [1.165, 1.54) is 0 Å². The molecule has 1 amide bonds. The summed E-state index contributed by atoms with van der Waals surface area (Å²) < 4.78 is 0. The molecule has 1 N–H and O–H groups in total. The second-order valence-electron chi connectivity index (χ2n) is 5.97. The minimum absolute atomic E-state index is 0.0531. The van der Waals surface area contributed by atoms with Crippen molar-refractivity contribution < 1.29 is 14.7 Å². The number of hydrogen-bond acceptors (Lipinski definition) is 3. The van der Waals surface area contributed by atoms with Gasteiger partial charge in [-0.25, -0.2) is 0 Å². The fourth-order valence-electron chi connectivity index (χ4n) is 3.73.